The SMILES string of the molecule is N#CC1=CC=C(NCCNc2nc(-c3ccc(C(F)(F)F)cc3)nc3ccccc23)NC1. The number of rotatable bonds is 6. The molecule has 0 amide bonds. The number of anilines is 1. The molecule has 3 N–H and O–H groups in total. The number of benzene rings is 2. The molecule has 0 spiro atoms. The molecule has 162 valence electrons. The topological polar surface area (TPSA) is 85.7 Å². The van der Waals surface area contributed by atoms with Crippen molar-refractivity contribution < 1.29 is 13.2 Å². The van der Waals surface area contributed by atoms with Gasteiger partial charge in [-0.3, -0.25) is 0 Å². The number of nitrogens with one attached hydrogen (secondary N) is 3. The largest absolute Gasteiger partial charge is 0.416 e. The summed E-state index contributed by atoms with van der Waals surface area (Å²) in [6.07, 6.45) is -0.817. The smallest absolute Gasteiger partial charge is 0.370 e. The quantitative estimate of drug-likeness (QED) is 0.502. The first-order valence-electron chi connectivity index (χ1n) is 9.91. The minimum absolute atomic E-state index is 0.346. The van der Waals surface area contributed by atoms with E-state index in [1.807, 2.05) is 30.3 Å². The Labute approximate surface area is 182 Å². The summed E-state index contributed by atoms with van der Waals surface area (Å²) >= 11 is 0. The molecule has 6 nitrogen and oxygen atoms in total. The lowest BCUT2D eigenvalue weighted by atomic mass is 10.1. The Morgan fingerprint density at radius 3 is 2.41 bits per heavy atom. The van der Waals surface area contributed by atoms with E-state index in [2.05, 4.69) is 32.0 Å². The highest BCUT2D eigenvalue weighted by Gasteiger charge is 2.30. The van der Waals surface area contributed by atoms with E-state index in [0.29, 0.717) is 47.9 Å². The van der Waals surface area contributed by atoms with E-state index in [-0.39, 0.29) is 0 Å². The number of alkyl halides is 3. The molecule has 0 atom stereocenters. The molecule has 2 heterocycles. The van der Waals surface area contributed by atoms with E-state index in [1.165, 1.54) is 12.1 Å². The molecule has 0 saturated carbocycles. The second-order valence-electron chi connectivity index (χ2n) is 7.08. The van der Waals surface area contributed by atoms with Gasteiger partial charge >= 0.3 is 6.18 Å². The molecule has 0 fully saturated rings. The first-order valence-corrected chi connectivity index (χ1v) is 9.91. The van der Waals surface area contributed by atoms with E-state index in [9.17, 15) is 13.2 Å². The van der Waals surface area contributed by atoms with Gasteiger partial charge in [-0.25, -0.2) is 9.97 Å². The second kappa shape index (κ2) is 8.98. The van der Waals surface area contributed by atoms with Crippen LogP contribution in [0.3, 0.4) is 0 Å². The molecular formula is C23H19F3N6. The summed E-state index contributed by atoms with van der Waals surface area (Å²) < 4.78 is 38.6. The minimum atomic E-state index is -4.39. The molecular weight excluding hydrogens is 417 g/mol. The fourth-order valence-corrected chi connectivity index (χ4v) is 3.22. The fourth-order valence-electron chi connectivity index (χ4n) is 3.22. The van der Waals surface area contributed by atoms with Crippen molar-refractivity contribution in [1.82, 2.24) is 20.6 Å². The third-order valence-electron chi connectivity index (χ3n) is 4.87. The number of hydrogen-bond donors (Lipinski definition) is 3. The Balaban J connectivity index is 1.51. The van der Waals surface area contributed by atoms with Gasteiger partial charge in [0.15, 0.2) is 5.82 Å². The van der Waals surface area contributed by atoms with Crippen LogP contribution < -0.4 is 16.0 Å². The summed E-state index contributed by atoms with van der Waals surface area (Å²) in [5.41, 5.74) is 1.14. The summed E-state index contributed by atoms with van der Waals surface area (Å²) in [6.45, 7) is 1.61. The Kier molecular flexibility index (Phi) is 5.94. The molecule has 0 aliphatic carbocycles. The number of dihydropyridines is 1. The number of nitrogens with zero attached hydrogens (tertiary/aromatic N) is 3. The molecule has 1 aliphatic rings. The van der Waals surface area contributed by atoms with Crippen LogP contribution >= 0.6 is 0 Å². The van der Waals surface area contributed by atoms with Crippen LogP contribution in [0.4, 0.5) is 19.0 Å². The first-order chi connectivity index (χ1) is 15.4. The van der Waals surface area contributed by atoms with E-state index in [0.717, 1.165) is 23.3 Å². The summed E-state index contributed by atoms with van der Waals surface area (Å²) in [5.74, 6) is 1.77. The highest BCUT2D eigenvalue weighted by Crippen LogP contribution is 2.31. The van der Waals surface area contributed by atoms with Crippen molar-refractivity contribution in [2.45, 2.75) is 6.18 Å². The monoisotopic (exact) mass is 436 g/mol. The normalized spacial score (nSPS) is 13.6. The van der Waals surface area contributed by atoms with Crippen LogP contribution in [0.2, 0.25) is 0 Å². The van der Waals surface area contributed by atoms with Gasteiger partial charge in [-0.1, -0.05) is 24.3 Å². The molecule has 3 aromatic rings. The Bertz CT molecular complexity index is 1220. The van der Waals surface area contributed by atoms with Crippen molar-refractivity contribution >= 4 is 16.7 Å². The van der Waals surface area contributed by atoms with Crippen LogP contribution in [0, 0.1) is 11.3 Å². The van der Waals surface area contributed by atoms with Crippen molar-refractivity contribution in [2.24, 2.45) is 0 Å². The minimum Gasteiger partial charge on any atom is -0.370 e. The highest BCUT2D eigenvalue weighted by molar-refractivity contribution is 5.90. The van der Waals surface area contributed by atoms with Gasteiger partial charge < -0.3 is 16.0 Å². The second-order valence-corrected chi connectivity index (χ2v) is 7.08. The number of fused-ring (bicyclic) bond motifs is 1. The van der Waals surface area contributed by atoms with Gasteiger partial charge in [-0.2, -0.15) is 18.4 Å². The summed E-state index contributed by atoms with van der Waals surface area (Å²) in [7, 11) is 0. The zero-order valence-corrected chi connectivity index (χ0v) is 16.9. The van der Waals surface area contributed by atoms with Gasteiger partial charge in [0.1, 0.15) is 5.82 Å². The predicted molar refractivity (Wildman–Crippen MR) is 116 cm³/mol. The molecule has 0 unspecified atom stereocenters. The van der Waals surface area contributed by atoms with Crippen molar-refractivity contribution in [2.75, 3.05) is 25.0 Å². The molecule has 32 heavy (non-hydrogen) atoms. The lowest BCUT2D eigenvalue weighted by Crippen LogP contribution is -2.32. The maximum Gasteiger partial charge on any atom is 0.416 e. The first kappa shape index (κ1) is 21.2. The van der Waals surface area contributed by atoms with Crippen LogP contribution in [-0.2, 0) is 6.18 Å². The van der Waals surface area contributed by atoms with Crippen molar-refractivity contribution in [3.05, 3.63) is 77.6 Å². The van der Waals surface area contributed by atoms with E-state index >= 15 is 0 Å². The molecule has 0 saturated heterocycles. The zero-order valence-electron chi connectivity index (χ0n) is 16.9. The van der Waals surface area contributed by atoms with E-state index < -0.39 is 11.7 Å². The third kappa shape index (κ3) is 4.81. The van der Waals surface area contributed by atoms with Crippen molar-refractivity contribution in [1.29, 1.82) is 5.26 Å². The van der Waals surface area contributed by atoms with Crippen molar-refractivity contribution in [3.8, 4) is 17.5 Å². The standard InChI is InChI=1S/C23H19F3N6/c24-23(25,26)17-8-6-16(7-9-17)21-31-19-4-2-1-3-18(19)22(32-21)29-12-11-28-20-10-5-15(13-27)14-30-20/h1-10,28,30H,11-12,14H2,(H,29,31,32). The van der Waals surface area contributed by atoms with E-state index in [1.54, 1.807) is 6.08 Å². The lowest BCUT2D eigenvalue weighted by Gasteiger charge is -2.16. The summed E-state index contributed by atoms with van der Waals surface area (Å²) in [6, 6.07) is 14.4. The average molecular weight is 436 g/mol. The maximum atomic E-state index is 12.9. The van der Waals surface area contributed by atoms with Gasteiger partial charge in [0.2, 0.25) is 0 Å². The van der Waals surface area contributed by atoms with Crippen LogP contribution in [0.15, 0.2) is 72.1 Å². The van der Waals surface area contributed by atoms with Crippen LogP contribution in [0.5, 0.6) is 0 Å². The van der Waals surface area contributed by atoms with E-state index in [4.69, 9.17) is 5.26 Å². The molecule has 0 bridgehead atoms. The Hall–Kier alpha value is -4.06. The molecule has 1 aliphatic heterocycles. The Morgan fingerprint density at radius 2 is 1.72 bits per heavy atom. The fraction of sp³-hybridized carbons (Fsp3) is 0.174. The number of nitriles is 1. The average Bonchev–Trinajstić information content (AvgIpc) is 2.81. The number of allylic oxidation sites excluding steroid dienone is 2. The summed E-state index contributed by atoms with van der Waals surface area (Å²) in [4.78, 5) is 9.08. The molecule has 2 aromatic carbocycles. The predicted octanol–water partition coefficient (Wildman–Crippen LogP) is 4.21. The van der Waals surface area contributed by atoms with Crippen LogP contribution in [-0.4, -0.2) is 29.6 Å². The van der Waals surface area contributed by atoms with Gasteiger partial charge in [-0.15, -0.1) is 0 Å². The number of halogens is 3. The molecule has 9 heteroatoms. The number of aromatic nitrogens is 2. The summed E-state index contributed by atoms with van der Waals surface area (Å²) in [5, 5.41) is 19.3. The highest BCUT2D eigenvalue weighted by atomic mass is 19.4. The van der Waals surface area contributed by atoms with Crippen molar-refractivity contribution in [3.63, 3.8) is 0 Å². The third-order valence-corrected chi connectivity index (χ3v) is 4.87. The van der Waals surface area contributed by atoms with Gasteiger partial charge in [0, 0.05) is 29.6 Å². The zero-order chi connectivity index (χ0) is 22.6. The van der Waals surface area contributed by atoms with Gasteiger partial charge in [-0.05, 0) is 36.4 Å². The Morgan fingerprint density at radius 1 is 0.969 bits per heavy atom. The molecule has 1 aromatic heterocycles. The van der Waals surface area contributed by atoms with Gasteiger partial charge in [0.25, 0.3) is 0 Å². The van der Waals surface area contributed by atoms with Crippen LogP contribution in [0.1, 0.15) is 5.56 Å². The number of para-hydroxylation sites is 1. The lowest BCUT2D eigenvalue weighted by molar-refractivity contribution is -0.137. The number of hydrogen-bond acceptors (Lipinski definition) is 6. The van der Waals surface area contributed by atoms with Gasteiger partial charge in [0.05, 0.1) is 29.5 Å². The molecule has 0 radical (unpaired) electrons. The maximum absolute atomic E-state index is 12.9. The molecule has 4 rings (SSSR count). The van der Waals surface area contributed by atoms with Crippen LogP contribution in [0.25, 0.3) is 22.3 Å².